The Labute approximate surface area is 163 Å². The van der Waals surface area contributed by atoms with Crippen LogP contribution in [0.25, 0.3) is 0 Å². The fraction of sp³-hybridized carbons (Fsp3) is 0.650. The monoisotopic (exact) mass is 396 g/mol. The number of carbonyl (C=O) groups is 1. The molecule has 8 heteroatoms. The third kappa shape index (κ3) is 3.19. The van der Waals surface area contributed by atoms with Crippen molar-refractivity contribution >= 4 is 5.78 Å². The Balaban J connectivity index is 2.02. The van der Waals surface area contributed by atoms with Crippen LogP contribution in [0.5, 0.6) is 0 Å². The average molecular weight is 396 g/mol. The summed E-state index contributed by atoms with van der Waals surface area (Å²) in [6, 6.07) is 1.74. The number of aryl methyl sites for hydroxylation is 1. The van der Waals surface area contributed by atoms with E-state index in [0.29, 0.717) is 27.8 Å². The van der Waals surface area contributed by atoms with Crippen molar-refractivity contribution in [3.63, 3.8) is 0 Å². The predicted molar refractivity (Wildman–Crippen MR) is 97.7 cm³/mol. The van der Waals surface area contributed by atoms with Gasteiger partial charge in [0.2, 0.25) is 0 Å². The molecular formula is C20H28O8. The highest BCUT2D eigenvalue weighted by Gasteiger charge is 2.51. The van der Waals surface area contributed by atoms with Gasteiger partial charge in [-0.15, -0.1) is 0 Å². The lowest BCUT2D eigenvalue weighted by Crippen LogP contribution is -2.54. The minimum Gasteiger partial charge on any atom is -0.393 e. The minimum absolute atomic E-state index is 0.178. The van der Waals surface area contributed by atoms with Crippen LogP contribution in [0.15, 0.2) is 6.07 Å². The lowest BCUT2D eigenvalue weighted by atomic mass is 9.86. The Kier molecular flexibility index (Phi) is 5.68. The predicted octanol–water partition coefficient (Wildman–Crippen LogP) is 0.0483. The largest absolute Gasteiger partial charge is 0.393 e. The lowest BCUT2D eigenvalue weighted by Gasteiger charge is -2.38. The van der Waals surface area contributed by atoms with E-state index in [-0.39, 0.29) is 12.4 Å². The highest BCUT2D eigenvalue weighted by Crippen LogP contribution is 2.50. The first-order chi connectivity index (χ1) is 13.0. The summed E-state index contributed by atoms with van der Waals surface area (Å²) in [5.41, 5.74) is 1.86. The lowest BCUT2D eigenvalue weighted by molar-refractivity contribution is -0.290. The minimum atomic E-state index is -1.46. The van der Waals surface area contributed by atoms with Gasteiger partial charge < -0.3 is 35.0 Å². The molecule has 0 saturated carbocycles. The Morgan fingerprint density at radius 2 is 1.89 bits per heavy atom. The average Bonchev–Trinajstić information content (AvgIpc) is 2.82. The van der Waals surface area contributed by atoms with E-state index in [0.717, 1.165) is 0 Å². The molecule has 0 bridgehead atoms. The van der Waals surface area contributed by atoms with Crippen molar-refractivity contribution in [1.29, 1.82) is 0 Å². The second-order valence-electron chi connectivity index (χ2n) is 8.21. The van der Waals surface area contributed by atoms with Crippen LogP contribution in [0.3, 0.4) is 0 Å². The van der Waals surface area contributed by atoms with Crippen LogP contribution < -0.4 is 0 Å². The Bertz CT molecular complexity index is 774. The molecular weight excluding hydrogens is 368 g/mol. The summed E-state index contributed by atoms with van der Waals surface area (Å²) in [6.45, 7) is 6.29. The van der Waals surface area contributed by atoms with Crippen LogP contribution in [0.1, 0.15) is 58.7 Å². The van der Waals surface area contributed by atoms with E-state index < -0.39 is 48.8 Å². The molecule has 28 heavy (non-hydrogen) atoms. The van der Waals surface area contributed by atoms with Gasteiger partial charge in [0.1, 0.15) is 24.4 Å². The first-order valence-electron chi connectivity index (χ1n) is 9.31. The molecule has 1 aliphatic carbocycles. The molecule has 8 nitrogen and oxygen atoms in total. The molecule has 1 aliphatic heterocycles. The first-order valence-corrected chi connectivity index (χ1v) is 9.31. The van der Waals surface area contributed by atoms with Crippen molar-refractivity contribution in [1.82, 2.24) is 0 Å². The van der Waals surface area contributed by atoms with E-state index in [9.17, 15) is 30.3 Å². The molecule has 1 aromatic rings. The highest BCUT2D eigenvalue weighted by molar-refractivity contribution is 6.06. The van der Waals surface area contributed by atoms with Crippen molar-refractivity contribution < 1.29 is 39.8 Å². The maximum absolute atomic E-state index is 13.1. The molecule has 0 radical (unpaired) electrons. The highest BCUT2D eigenvalue weighted by atomic mass is 16.7. The Morgan fingerprint density at radius 1 is 1.25 bits per heavy atom. The smallest absolute Gasteiger partial charge is 0.186 e. The van der Waals surface area contributed by atoms with Gasteiger partial charge in [-0.05, 0) is 49.9 Å². The third-order valence-corrected chi connectivity index (χ3v) is 5.85. The number of fused-ring (bicyclic) bond motifs is 1. The zero-order valence-electron chi connectivity index (χ0n) is 16.4. The maximum Gasteiger partial charge on any atom is 0.186 e. The summed E-state index contributed by atoms with van der Waals surface area (Å²) < 4.78 is 11.3. The van der Waals surface area contributed by atoms with Crippen LogP contribution in [0.2, 0.25) is 0 Å². The summed E-state index contributed by atoms with van der Waals surface area (Å²) in [5.74, 6) is -0.178. The molecule has 0 spiro atoms. The molecule has 0 aromatic heterocycles. The van der Waals surface area contributed by atoms with Crippen LogP contribution in [0, 0.1) is 19.3 Å². The number of Topliss-reactive ketones (excluding diaryl/α,β-unsaturated/α-hetero) is 1. The fourth-order valence-electron chi connectivity index (χ4n) is 4.25. The molecule has 5 N–H and O–H groups in total. The number of aliphatic hydroxyl groups is 5. The summed E-state index contributed by atoms with van der Waals surface area (Å²) in [5, 5.41) is 49.2. The van der Waals surface area contributed by atoms with E-state index in [2.05, 4.69) is 0 Å². The molecule has 1 saturated heterocycles. The topological polar surface area (TPSA) is 137 Å². The molecule has 1 heterocycles. The van der Waals surface area contributed by atoms with Crippen LogP contribution in [-0.2, 0) is 9.47 Å². The van der Waals surface area contributed by atoms with E-state index in [1.165, 1.54) is 0 Å². The molecule has 3 rings (SSSR count). The third-order valence-electron chi connectivity index (χ3n) is 5.85. The number of hydrogen-bond acceptors (Lipinski definition) is 8. The summed E-state index contributed by atoms with van der Waals surface area (Å²) >= 11 is 0. The van der Waals surface area contributed by atoms with Gasteiger partial charge >= 0.3 is 0 Å². The number of ether oxygens (including phenoxy) is 2. The van der Waals surface area contributed by atoms with E-state index in [1.54, 1.807) is 33.8 Å². The van der Waals surface area contributed by atoms with E-state index >= 15 is 0 Å². The van der Waals surface area contributed by atoms with Gasteiger partial charge in [0.25, 0.3) is 0 Å². The second kappa shape index (κ2) is 7.46. The van der Waals surface area contributed by atoms with E-state index in [1.807, 2.05) is 0 Å². The van der Waals surface area contributed by atoms with Crippen molar-refractivity contribution in [3.8, 4) is 0 Å². The van der Waals surface area contributed by atoms with Gasteiger partial charge in [-0.25, -0.2) is 0 Å². The molecule has 6 atom stereocenters. The molecule has 2 aliphatic rings. The number of aliphatic hydroxyl groups excluding tert-OH is 5. The van der Waals surface area contributed by atoms with Crippen LogP contribution in [0.4, 0.5) is 0 Å². The van der Waals surface area contributed by atoms with Crippen molar-refractivity contribution in [2.24, 2.45) is 5.41 Å². The van der Waals surface area contributed by atoms with Crippen LogP contribution in [-0.4, -0.2) is 69.1 Å². The van der Waals surface area contributed by atoms with Gasteiger partial charge in [0.05, 0.1) is 24.7 Å². The molecule has 0 amide bonds. The van der Waals surface area contributed by atoms with Crippen molar-refractivity contribution in [2.75, 3.05) is 13.2 Å². The zero-order valence-corrected chi connectivity index (χ0v) is 16.4. The van der Waals surface area contributed by atoms with Crippen molar-refractivity contribution in [3.05, 3.63) is 33.9 Å². The number of rotatable bonds is 4. The fourth-order valence-corrected chi connectivity index (χ4v) is 4.25. The number of carbonyl (C=O) groups excluding carboxylic acids is 1. The molecule has 6 unspecified atom stereocenters. The Hall–Kier alpha value is -1.39. The van der Waals surface area contributed by atoms with Gasteiger partial charge in [0.15, 0.2) is 12.1 Å². The first kappa shape index (κ1) is 21.3. The summed E-state index contributed by atoms with van der Waals surface area (Å²) in [4.78, 5) is 13.1. The number of hydrogen-bond donors (Lipinski definition) is 5. The SMILES string of the molecule is Cc1cc2c(c(C)c1C(O)CO)C(=O)C(C)(C)C2OC1OCC(O)C(O)C1O. The molecule has 156 valence electrons. The second-order valence-corrected chi connectivity index (χ2v) is 8.21. The summed E-state index contributed by atoms with van der Waals surface area (Å²) in [6.07, 6.45) is -7.14. The van der Waals surface area contributed by atoms with Gasteiger partial charge in [-0.2, -0.15) is 0 Å². The standard InChI is InChI=1S/C20H28O8/c1-8-5-10-14(9(2)13(8)11(22)6-21)17(26)20(3,4)18(10)28-19-16(25)15(24)12(23)7-27-19/h5,11-12,15-16,18-19,21-25H,6-7H2,1-4H3. The van der Waals surface area contributed by atoms with Gasteiger partial charge in [-0.1, -0.05) is 6.07 Å². The molecule has 1 fully saturated rings. The van der Waals surface area contributed by atoms with Crippen LogP contribution >= 0.6 is 0 Å². The van der Waals surface area contributed by atoms with Gasteiger partial charge in [0, 0.05) is 5.56 Å². The van der Waals surface area contributed by atoms with E-state index in [4.69, 9.17) is 9.47 Å². The quantitative estimate of drug-likeness (QED) is 0.481. The number of ketones is 1. The number of benzene rings is 1. The molecule has 1 aromatic carbocycles. The normalized spacial score (nSPS) is 33.0. The summed E-state index contributed by atoms with van der Waals surface area (Å²) in [7, 11) is 0. The maximum atomic E-state index is 13.1. The van der Waals surface area contributed by atoms with Gasteiger partial charge in [-0.3, -0.25) is 4.79 Å². The zero-order chi connectivity index (χ0) is 21.0. The Morgan fingerprint density at radius 3 is 2.50 bits per heavy atom. The van der Waals surface area contributed by atoms with Crippen molar-refractivity contribution in [2.45, 2.75) is 64.5 Å².